The van der Waals surface area contributed by atoms with Crippen LogP contribution in [0.15, 0.2) is 24.3 Å². The third-order valence-electron chi connectivity index (χ3n) is 3.85. The van der Waals surface area contributed by atoms with Crippen molar-refractivity contribution in [1.82, 2.24) is 4.90 Å². The minimum Gasteiger partial charge on any atom is -0.480 e. The summed E-state index contributed by atoms with van der Waals surface area (Å²) in [5.74, 6) is -1.17. The fourth-order valence-electron chi connectivity index (χ4n) is 2.58. The molecule has 0 radical (unpaired) electrons. The highest BCUT2D eigenvalue weighted by molar-refractivity contribution is 5.92. The Morgan fingerprint density at radius 1 is 1.40 bits per heavy atom. The van der Waals surface area contributed by atoms with Crippen LogP contribution in [0.25, 0.3) is 0 Å². The molecule has 1 amide bonds. The van der Waals surface area contributed by atoms with E-state index >= 15 is 0 Å². The van der Waals surface area contributed by atoms with Gasteiger partial charge in [0, 0.05) is 18.7 Å². The van der Waals surface area contributed by atoms with Crippen molar-refractivity contribution in [3.8, 4) is 0 Å². The summed E-state index contributed by atoms with van der Waals surface area (Å²) in [5, 5.41) is 12.5. The molecule has 2 rings (SSSR count). The van der Waals surface area contributed by atoms with Gasteiger partial charge in [0.05, 0.1) is 0 Å². The number of hydrogen-bond acceptors (Lipinski definition) is 3. The number of carboxylic acid groups (broad SMARTS) is 1. The fourth-order valence-corrected chi connectivity index (χ4v) is 2.58. The number of carbonyl (C=O) groups is 2. The lowest BCUT2D eigenvalue weighted by Gasteiger charge is -2.36. The average Bonchev–Trinajstić information content (AvgIpc) is 2.82. The first kappa shape index (κ1) is 14.4. The normalized spacial score (nSPS) is 17.2. The van der Waals surface area contributed by atoms with Gasteiger partial charge in [0.2, 0.25) is 5.91 Å². The number of hydrogen-bond donors (Lipinski definition) is 2. The van der Waals surface area contributed by atoms with Crippen molar-refractivity contribution >= 4 is 17.6 Å². The molecule has 108 valence electrons. The van der Waals surface area contributed by atoms with Gasteiger partial charge in [-0.2, -0.15) is 0 Å². The minimum atomic E-state index is -1.21. The standard InChI is InChI=1S/C15H20N2O3/c1-4-17(15(2,3)14(19)20)13(18)12-9-10-7-5-6-8-11(10)16-12/h5-8,12,16H,4,9H2,1-3H3,(H,19,20). The van der Waals surface area contributed by atoms with E-state index in [2.05, 4.69) is 5.32 Å². The molecular weight excluding hydrogens is 256 g/mol. The molecule has 5 nitrogen and oxygen atoms in total. The summed E-state index contributed by atoms with van der Waals surface area (Å²) in [7, 11) is 0. The molecule has 1 unspecified atom stereocenters. The van der Waals surface area contributed by atoms with Gasteiger partial charge in [-0.05, 0) is 32.4 Å². The number of para-hydroxylation sites is 1. The van der Waals surface area contributed by atoms with Gasteiger partial charge >= 0.3 is 5.97 Å². The van der Waals surface area contributed by atoms with E-state index in [0.29, 0.717) is 13.0 Å². The van der Waals surface area contributed by atoms with Gasteiger partial charge in [-0.3, -0.25) is 4.79 Å². The van der Waals surface area contributed by atoms with E-state index in [0.717, 1.165) is 11.3 Å². The van der Waals surface area contributed by atoms with Crippen molar-refractivity contribution in [3.63, 3.8) is 0 Å². The van der Waals surface area contributed by atoms with Crippen LogP contribution in [0.2, 0.25) is 0 Å². The van der Waals surface area contributed by atoms with Crippen LogP contribution in [-0.4, -0.2) is 40.0 Å². The number of carboxylic acids is 1. The Labute approximate surface area is 118 Å². The number of benzene rings is 1. The smallest absolute Gasteiger partial charge is 0.329 e. The van der Waals surface area contributed by atoms with Crippen LogP contribution in [0.5, 0.6) is 0 Å². The predicted molar refractivity (Wildman–Crippen MR) is 76.7 cm³/mol. The number of carbonyl (C=O) groups excluding carboxylic acids is 1. The molecule has 1 aromatic rings. The number of anilines is 1. The maximum atomic E-state index is 12.6. The highest BCUT2D eigenvalue weighted by atomic mass is 16.4. The zero-order valence-electron chi connectivity index (χ0n) is 12.0. The van der Waals surface area contributed by atoms with Gasteiger partial charge in [0.1, 0.15) is 11.6 Å². The van der Waals surface area contributed by atoms with Crippen molar-refractivity contribution in [1.29, 1.82) is 0 Å². The molecule has 1 aliphatic rings. The van der Waals surface area contributed by atoms with Crippen LogP contribution in [0, 0.1) is 0 Å². The van der Waals surface area contributed by atoms with E-state index < -0.39 is 11.5 Å². The van der Waals surface area contributed by atoms with Gasteiger partial charge in [-0.15, -0.1) is 0 Å². The van der Waals surface area contributed by atoms with Gasteiger partial charge in [0.15, 0.2) is 0 Å². The van der Waals surface area contributed by atoms with Crippen LogP contribution >= 0.6 is 0 Å². The van der Waals surface area contributed by atoms with Crippen molar-refractivity contribution in [2.24, 2.45) is 0 Å². The predicted octanol–water partition coefficient (Wildman–Crippen LogP) is 1.73. The summed E-state index contributed by atoms with van der Waals surface area (Å²) < 4.78 is 0. The molecule has 0 fully saturated rings. The van der Waals surface area contributed by atoms with Crippen LogP contribution in [-0.2, 0) is 16.0 Å². The largest absolute Gasteiger partial charge is 0.480 e. The number of rotatable bonds is 4. The quantitative estimate of drug-likeness (QED) is 0.878. The maximum Gasteiger partial charge on any atom is 0.329 e. The number of aliphatic carboxylic acids is 1. The van der Waals surface area contributed by atoms with Crippen LogP contribution in [0.1, 0.15) is 26.3 Å². The van der Waals surface area contributed by atoms with E-state index in [1.807, 2.05) is 24.3 Å². The topological polar surface area (TPSA) is 69.6 Å². The van der Waals surface area contributed by atoms with Crippen LogP contribution < -0.4 is 5.32 Å². The molecule has 5 heteroatoms. The van der Waals surface area contributed by atoms with E-state index in [1.165, 1.54) is 4.90 Å². The highest BCUT2D eigenvalue weighted by Gasteiger charge is 2.40. The lowest BCUT2D eigenvalue weighted by atomic mass is 10.0. The lowest BCUT2D eigenvalue weighted by Crippen LogP contribution is -2.56. The molecule has 0 saturated carbocycles. The first-order valence-electron chi connectivity index (χ1n) is 6.77. The summed E-state index contributed by atoms with van der Waals surface area (Å²) in [6, 6.07) is 7.38. The Morgan fingerprint density at radius 3 is 2.60 bits per heavy atom. The average molecular weight is 276 g/mol. The monoisotopic (exact) mass is 276 g/mol. The second-order valence-corrected chi connectivity index (χ2v) is 5.50. The van der Waals surface area contributed by atoms with Crippen molar-refractivity contribution in [3.05, 3.63) is 29.8 Å². The second kappa shape index (κ2) is 5.15. The minimum absolute atomic E-state index is 0.170. The number of nitrogens with one attached hydrogen (secondary N) is 1. The Bertz CT molecular complexity index is 515. The Kier molecular flexibility index (Phi) is 3.70. The summed E-state index contributed by atoms with van der Waals surface area (Å²) in [6.45, 7) is 5.27. The van der Waals surface area contributed by atoms with Crippen molar-refractivity contribution in [2.75, 3.05) is 11.9 Å². The van der Waals surface area contributed by atoms with Crippen molar-refractivity contribution in [2.45, 2.75) is 38.8 Å². The molecule has 0 bridgehead atoms. The molecule has 0 aromatic heterocycles. The molecule has 0 aliphatic carbocycles. The SMILES string of the molecule is CCN(C(=O)C1Cc2ccccc2N1)C(C)(C)C(=O)O. The van der Waals surface area contributed by atoms with E-state index in [-0.39, 0.29) is 11.9 Å². The molecule has 0 spiro atoms. The first-order valence-corrected chi connectivity index (χ1v) is 6.77. The van der Waals surface area contributed by atoms with Crippen LogP contribution in [0.3, 0.4) is 0 Å². The molecular formula is C15H20N2O3. The Hall–Kier alpha value is -2.04. The summed E-state index contributed by atoms with van der Waals surface area (Å²) in [5.41, 5.74) is 0.840. The Morgan fingerprint density at radius 2 is 2.05 bits per heavy atom. The number of amides is 1. The molecule has 1 aliphatic heterocycles. The van der Waals surface area contributed by atoms with E-state index in [1.54, 1.807) is 20.8 Å². The second-order valence-electron chi connectivity index (χ2n) is 5.50. The van der Waals surface area contributed by atoms with Crippen molar-refractivity contribution < 1.29 is 14.7 Å². The van der Waals surface area contributed by atoms with Gasteiger partial charge in [-0.1, -0.05) is 18.2 Å². The summed E-state index contributed by atoms with van der Waals surface area (Å²) >= 11 is 0. The van der Waals surface area contributed by atoms with Gasteiger partial charge in [0.25, 0.3) is 0 Å². The zero-order valence-corrected chi connectivity index (χ0v) is 12.0. The lowest BCUT2D eigenvalue weighted by molar-refractivity contribution is -0.157. The van der Waals surface area contributed by atoms with E-state index in [9.17, 15) is 14.7 Å². The summed E-state index contributed by atoms with van der Waals surface area (Å²) in [4.78, 5) is 25.4. The molecule has 2 N–H and O–H groups in total. The zero-order chi connectivity index (χ0) is 14.9. The number of nitrogens with zero attached hydrogens (tertiary/aromatic N) is 1. The first-order chi connectivity index (χ1) is 9.37. The molecule has 0 saturated heterocycles. The maximum absolute atomic E-state index is 12.6. The van der Waals surface area contributed by atoms with Gasteiger partial charge in [-0.25, -0.2) is 4.79 Å². The van der Waals surface area contributed by atoms with Gasteiger partial charge < -0.3 is 15.3 Å². The Balaban J connectivity index is 2.18. The molecule has 1 aromatic carbocycles. The summed E-state index contributed by atoms with van der Waals surface area (Å²) in [6.07, 6.45) is 0.598. The third kappa shape index (κ3) is 2.35. The molecule has 1 heterocycles. The molecule has 20 heavy (non-hydrogen) atoms. The fraction of sp³-hybridized carbons (Fsp3) is 0.467. The molecule has 1 atom stereocenters. The van der Waals surface area contributed by atoms with Crippen LogP contribution in [0.4, 0.5) is 5.69 Å². The number of likely N-dealkylation sites (N-methyl/N-ethyl adjacent to an activating group) is 1. The third-order valence-corrected chi connectivity index (χ3v) is 3.85. The number of fused-ring (bicyclic) bond motifs is 1. The highest BCUT2D eigenvalue weighted by Crippen LogP contribution is 2.27. The van der Waals surface area contributed by atoms with E-state index in [4.69, 9.17) is 0 Å².